The SMILES string of the molecule is Bc1cc(C(=C)N)cc(B)c1OCc1c(C(=O)O)sc2cccc(OCC)c12. The molecule has 3 N–H and O–H groups in total. The molecule has 1 aromatic heterocycles. The van der Waals surface area contributed by atoms with Gasteiger partial charge in [-0.05, 0) is 35.5 Å². The summed E-state index contributed by atoms with van der Waals surface area (Å²) in [5.41, 5.74) is 9.62. The van der Waals surface area contributed by atoms with Crippen LogP contribution in [0, 0.1) is 0 Å². The number of carboxylic acids is 1. The third-order valence-electron chi connectivity index (χ3n) is 4.46. The van der Waals surface area contributed by atoms with E-state index in [9.17, 15) is 9.90 Å². The van der Waals surface area contributed by atoms with E-state index in [4.69, 9.17) is 15.2 Å². The van der Waals surface area contributed by atoms with E-state index in [0.29, 0.717) is 23.6 Å². The third kappa shape index (κ3) is 3.73. The Kier molecular flexibility index (Phi) is 5.70. The molecule has 0 spiro atoms. The summed E-state index contributed by atoms with van der Waals surface area (Å²) >= 11 is 1.23. The van der Waals surface area contributed by atoms with Crippen molar-refractivity contribution in [1.82, 2.24) is 0 Å². The van der Waals surface area contributed by atoms with E-state index in [1.165, 1.54) is 11.3 Å². The number of hydrogen-bond donors (Lipinski definition) is 2. The van der Waals surface area contributed by atoms with Gasteiger partial charge in [-0.3, -0.25) is 0 Å². The summed E-state index contributed by atoms with van der Waals surface area (Å²) in [5.74, 6) is 0.422. The van der Waals surface area contributed by atoms with E-state index in [1.807, 2.05) is 52.9 Å². The molecule has 0 saturated carbocycles. The van der Waals surface area contributed by atoms with E-state index in [-0.39, 0.29) is 11.5 Å². The van der Waals surface area contributed by atoms with Gasteiger partial charge in [0.15, 0.2) is 0 Å². The molecule has 3 rings (SSSR count). The van der Waals surface area contributed by atoms with E-state index in [1.54, 1.807) is 0 Å². The van der Waals surface area contributed by atoms with Gasteiger partial charge in [0, 0.05) is 21.3 Å². The van der Waals surface area contributed by atoms with Crippen molar-refractivity contribution in [2.75, 3.05) is 6.61 Å². The molecule has 0 radical (unpaired) electrons. The summed E-state index contributed by atoms with van der Waals surface area (Å²) < 4.78 is 12.7. The molecule has 2 aromatic carbocycles. The van der Waals surface area contributed by atoms with Crippen molar-refractivity contribution in [2.45, 2.75) is 13.5 Å². The maximum absolute atomic E-state index is 11.8. The minimum atomic E-state index is -0.967. The second-order valence-corrected chi connectivity index (χ2v) is 7.58. The normalized spacial score (nSPS) is 10.8. The second-order valence-electron chi connectivity index (χ2n) is 6.53. The lowest BCUT2D eigenvalue weighted by molar-refractivity contribution is 0.0699. The Labute approximate surface area is 169 Å². The molecule has 0 atom stereocenters. The first kappa shape index (κ1) is 19.9. The molecule has 0 amide bonds. The molecule has 0 unspecified atom stereocenters. The predicted octanol–water partition coefficient (Wildman–Crippen LogP) is 1.02. The van der Waals surface area contributed by atoms with E-state index in [0.717, 1.165) is 32.3 Å². The van der Waals surface area contributed by atoms with Gasteiger partial charge >= 0.3 is 5.97 Å². The van der Waals surface area contributed by atoms with Crippen LogP contribution in [-0.4, -0.2) is 33.4 Å². The zero-order valence-corrected chi connectivity index (χ0v) is 17.0. The van der Waals surface area contributed by atoms with Gasteiger partial charge in [0.2, 0.25) is 0 Å². The number of carbonyl (C=O) groups is 1. The maximum atomic E-state index is 11.8. The Bertz CT molecular complexity index is 1050. The molecule has 142 valence electrons. The van der Waals surface area contributed by atoms with Gasteiger partial charge < -0.3 is 20.3 Å². The van der Waals surface area contributed by atoms with Crippen LogP contribution in [0.4, 0.5) is 0 Å². The summed E-state index contributed by atoms with van der Waals surface area (Å²) in [6.07, 6.45) is 0. The molecule has 0 aliphatic heterocycles. The van der Waals surface area contributed by atoms with Crippen LogP contribution in [0.25, 0.3) is 15.8 Å². The molecule has 0 aliphatic rings. The van der Waals surface area contributed by atoms with Crippen LogP contribution in [0.1, 0.15) is 27.7 Å². The van der Waals surface area contributed by atoms with Crippen LogP contribution in [0.5, 0.6) is 11.5 Å². The molecule has 3 aromatic rings. The van der Waals surface area contributed by atoms with Crippen molar-refractivity contribution >= 4 is 59.7 Å². The number of rotatable bonds is 7. The van der Waals surface area contributed by atoms with E-state index in [2.05, 4.69) is 6.58 Å². The number of aromatic carboxylic acids is 1. The standard InChI is InChI=1S/C20H21B2NO4S/c1-3-26-15-5-4-6-16-17(15)12(19(28-16)20(24)25)9-27-18-13(21)7-11(10(2)23)8-14(18)22/h4-8H,2-3,9,21-23H2,1H3,(H,24,25). The average molecular weight is 393 g/mol. The van der Waals surface area contributed by atoms with Crippen molar-refractivity contribution in [3.63, 3.8) is 0 Å². The number of nitrogens with two attached hydrogens (primary N) is 1. The maximum Gasteiger partial charge on any atom is 0.346 e. The van der Waals surface area contributed by atoms with Crippen molar-refractivity contribution in [1.29, 1.82) is 0 Å². The van der Waals surface area contributed by atoms with E-state index < -0.39 is 5.97 Å². The minimum Gasteiger partial charge on any atom is -0.493 e. The first-order valence-electron chi connectivity index (χ1n) is 8.92. The lowest BCUT2D eigenvalue weighted by Crippen LogP contribution is -2.22. The van der Waals surface area contributed by atoms with Crippen LogP contribution in [-0.2, 0) is 6.61 Å². The number of benzene rings is 2. The van der Waals surface area contributed by atoms with Crippen LogP contribution >= 0.6 is 11.3 Å². The fourth-order valence-corrected chi connectivity index (χ4v) is 4.34. The minimum absolute atomic E-state index is 0.135. The molecular formula is C20H21B2NO4S. The largest absolute Gasteiger partial charge is 0.493 e. The highest BCUT2D eigenvalue weighted by molar-refractivity contribution is 7.21. The zero-order chi connectivity index (χ0) is 20.4. The molecule has 5 nitrogen and oxygen atoms in total. The molecule has 1 heterocycles. The summed E-state index contributed by atoms with van der Waals surface area (Å²) in [6.45, 7) is 6.31. The van der Waals surface area contributed by atoms with Crippen molar-refractivity contribution in [3.8, 4) is 11.5 Å². The fourth-order valence-electron chi connectivity index (χ4n) is 3.27. The van der Waals surface area contributed by atoms with Gasteiger partial charge in [-0.2, -0.15) is 0 Å². The molecule has 0 fully saturated rings. The van der Waals surface area contributed by atoms with Crippen LogP contribution in [0.2, 0.25) is 0 Å². The van der Waals surface area contributed by atoms with Crippen molar-refractivity contribution in [3.05, 3.63) is 52.9 Å². The Balaban J connectivity index is 2.04. The quantitative estimate of drug-likeness (QED) is 0.586. The predicted molar refractivity (Wildman–Crippen MR) is 120 cm³/mol. The first-order chi connectivity index (χ1) is 13.3. The van der Waals surface area contributed by atoms with Crippen LogP contribution < -0.4 is 26.1 Å². The van der Waals surface area contributed by atoms with Gasteiger partial charge in [0.25, 0.3) is 0 Å². The van der Waals surface area contributed by atoms with Crippen molar-refractivity contribution in [2.24, 2.45) is 5.73 Å². The lowest BCUT2D eigenvalue weighted by Gasteiger charge is -2.15. The topological polar surface area (TPSA) is 81.8 Å². The Morgan fingerprint density at radius 2 is 1.93 bits per heavy atom. The van der Waals surface area contributed by atoms with Gasteiger partial charge in [-0.25, -0.2) is 4.79 Å². The van der Waals surface area contributed by atoms with Crippen LogP contribution in [0.15, 0.2) is 36.9 Å². The summed E-state index contributed by atoms with van der Waals surface area (Å²) in [4.78, 5) is 12.1. The van der Waals surface area contributed by atoms with Gasteiger partial charge in [0.1, 0.15) is 38.7 Å². The number of thiophene rings is 1. The Morgan fingerprint density at radius 3 is 2.50 bits per heavy atom. The highest BCUT2D eigenvalue weighted by Gasteiger charge is 2.21. The average Bonchev–Trinajstić information content (AvgIpc) is 3.01. The van der Waals surface area contributed by atoms with E-state index >= 15 is 0 Å². The number of fused-ring (bicyclic) bond motifs is 1. The highest BCUT2D eigenvalue weighted by Crippen LogP contribution is 2.38. The summed E-state index contributed by atoms with van der Waals surface area (Å²) in [5, 5.41) is 10.5. The summed E-state index contributed by atoms with van der Waals surface area (Å²) in [6, 6.07) is 9.45. The van der Waals surface area contributed by atoms with Gasteiger partial charge in [0.05, 0.1) is 6.61 Å². The monoisotopic (exact) mass is 393 g/mol. The number of ether oxygens (including phenoxy) is 2. The zero-order valence-electron chi connectivity index (χ0n) is 16.2. The van der Waals surface area contributed by atoms with Crippen LogP contribution in [0.3, 0.4) is 0 Å². The Hall–Kier alpha value is -2.86. The molecule has 0 saturated heterocycles. The Morgan fingerprint density at radius 1 is 1.25 bits per heavy atom. The highest BCUT2D eigenvalue weighted by atomic mass is 32.1. The molecule has 0 bridgehead atoms. The van der Waals surface area contributed by atoms with Gasteiger partial charge in [-0.15, -0.1) is 11.3 Å². The molecule has 28 heavy (non-hydrogen) atoms. The van der Waals surface area contributed by atoms with Gasteiger partial charge in [-0.1, -0.05) is 24.8 Å². The fraction of sp³-hybridized carbons (Fsp3) is 0.150. The number of carboxylic acid groups (broad SMARTS) is 1. The van der Waals surface area contributed by atoms with Crippen molar-refractivity contribution < 1.29 is 19.4 Å². The lowest BCUT2D eigenvalue weighted by atomic mass is 9.83. The molecule has 8 heteroatoms. The smallest absolute Gasteiger partial charge is 0.346 e. The molecular weight excluding hydrogens is 372 g/mol. The first-order valence-corrected chi connectivity index (χ1v) is 9.74. The molecule has 0 aliphatic carbocycles. The third-order valence-corrected chi connectivity index (χ3v) is 5.65. The summed E-state index contributed by atoms with van der Waals surface area (Å²) in [7, 11) is 3.87. The second kappa shape index (κ2) is 8.02. The number of hydrogen-bond acceptors (Lipinski definition) is 5.